The monoisotopic (exact) mass is 360 g/mol. The molecule has 0 unspecified atom stereocenters. The Kier molecular flexibility index (Phi) is 6.62. The number of rotatable bonds is 10. The van der Waals surface area contributed by atoms with Gasteiger partial charge in [0, 0.05) is 58.2 Å². The van der Waals surface area contributed by atoms with Crippen molar-refractivity contribution in [1.82, 2.24) is 19.8 Å². The van der Waals surface area contributed by atoms with E-state index in [1.807, 2.05) is 15.9 Å². The summed E-state index contributed by atoms with van der Waals surface area (Å²) in [6.07, 6.45) is 6.71. The number of aromatic nitrogens is 2. The van der Waals surface area contributed by atoms with Gasteiger partial charge >= 0.3 is 0 Å². The fraction of sp³-hybridized carbons (Fsp3) is 0.667. The van der Waals surface area contributed by atoms with Crippen molar-refractivity contribution in [3.05, 3.63) is 12.4 Å². The molecule has 0 radical (unpaired) electrons. The van der Waals surface area contributed by atoms with Gasteiger partial charge in [0.1, 0.15) is 18.0 Å². The highest BCUT2D eigenvalue weighted by Crippen LogP contribution is 2.12. The lowest BCUT2D eigenvalue weighted by molar-refractivity contribution is -0.128. The first-order chi connectivity index (χ1) is 12.7. The minimum absolute atomic E-state index is 0.272. The topological polar surface area (TPSA) is 90.5 Å². The van der Waals surface area contributed by atoms with Crippen LogP contribution in [-0.2, 0) is 9.59 Å². The number of hydrogen-bond donors (Lipinski definition) is 2. The van der Waals surface area contributed by atoms with Crippen LogP contribution in [-0.4, -0.2) is 70.9 Å². The third kappa shape index (κ3) is 5.31. The Bertz CT molecular complexity index is 574. The molecular weight excluding hydrogens is 332 g/mol. The average molecular weight is 360 g/mol. The van der Waals surface area contributed by atoms with Crippen LogP contribution < -0.4 is 10.6 Å². The molecule has 2 N–H and O–H groups in total. The fourth-order valence-electron chi connectivity index (χ4n) is 3.40. The molecule has 1 aromatic heterocycles. The molecule has 2 saturated heterocycles. The van der Waals surface area contributed by atoms with Gasteiger partial charge in [-0.3, -0.25) is 9.59 Å². The van der Waals surface area contributed by atoms with Crippen LogP contribution in [0.25, 0.3) is 0 Å². The number of hydrogen-bond acceptors (Lipinski definition) is 6. The lowest BCUT2D eigenvalue weighted by Crippen LogP contribution is -2.27. The van der Waals surface area contributed by atoms with Crippen LogP contribution in [0.1, 0.15) is 38.5 Å². The number of carbonyl (C=O) groups excluding carboxylic acids is 2. The van der Waals surface area contributed by atoms with E-state index in [2.05, 4.69) is 20.6 Å². The highest BCUT2D eigenvalue weighted by Gasteiger charge is 2.19. The molecule has 142 valence electrons. The summed E-state index contributed by atoms with van der Waals surface area (Å²) in [5.74, 6) is 2.11. The number of carbonyl (C=O) groups is 2. The van der Waals surface area contributed by atoms with Gasteiger partial charge in [-0.2, -0.15) is 0 Å². The highest BCUT2D eigenvalue weighted by molar-refractivity contribution is 5.78. The van der Waals surface area contributed by atoms with Crippen LogP contribution in [0, 0.1) is 0 Å². The second-order valence-corrected chi connectivity index (χ2v) is 6.82. The zero-order valence-electron chi connectivity index (χ0n) is 15.2. The smallest absolute Gasteiger partial charge is 0.222 e. The van der Waals surface area contributed by atoms with Gasteiger partial charge in [-0.25, -0.2) is 9.97 Å². The molecule has 2 aliphatic rings. The first-order valence-corrected chi connectivity index (χ1v) is 9.58. The molecule has 0 aromatic carbocycles. The molecule has 0 saturated carbocycles. The predicted molar refractivity (Wildman–Crippen MR) is 99.9 cm³/mol. The number of nitrogens with one attached hydrogen (secondary N) is 2. The van der Waals surface area contributed by atoms with Gasteiger partial charge in [-0.1, -0.05) is 0 Å². The van der Waals surface area contributed by atoms with E-state index in [-0.39, 0.29) is 11.8 Å². The molecule has 1 aromatic rings. The molecule has 0 aliphatic carbocycles. The Morgan fingerprint density at radius 2 is 1.35 bits per heavy atom. The number of amides is 2. The largest absolute Gasteiger partial charge is 0.370 e. The lowest BCUT2D eigenvalue weighted by Gasteiger charge is -2.16. The zero-order chi connectivity index (χ0) is 18.2. The number of anilines is 2. The quantitative estimate of drug-likeness (QED) is 0.612. The van der Waals surface area contributed by atoms with Crippen LogP contribution in [0.3, 0.4) is 0 Å². The van der Waals surface area contributed by atoms with Crippen molar-refractivity contribution < 1.29 is 9.59 Å². The molecule has 3 rings (SSSR count). The summed E-state index contributed by atoms with van der Waals surface area (Å²) in [4.78, 5) is 35.4. The molecule has 0 spiro atoms. The number of likely N-dealkylation sites (tertiary alicyclic amines) is 2. The molecule has 26 heavy (non-hydrogen) atoms. The first-order valence-electron chi connectivity index (χ1n) is 9.58. The van der Waals surface area contributed by atoms with Crippen molar-refractivity contribution in [1.29, 1.82) is 0 Å². The highest BCUT2D eigenvalue weighted by atomic mass is 16.2. The van der Waals surface area contributed by atoms with Gasteiger partial charge in [0.05, 0.1) is 0 Å². The standard InChI is InChI=1S/C18H28N6O2/c25-17-5-1-9-23(17)11-3-7-19-15-13-16(22-14-21-15)20-8-4-12-24-10-2-6-18(24)26/h13-14H,1-12H2,(H2,19,20,21,22). The molecule has 8 heteroatoms. The van der Waals surface area contributed by atoms with Gasteiger partial charge in [0.2, 0.25) is 11.8 Å². The van der Waals surface area contributed by atoms with Crippen molar-refractivity contribution in [3.63, 3.8) is 0 Å². The Labute approximate surface area is 154 Å². The summed E-state index contributed by atoms with van der Waals surface area (Å²) >= 11 is 0. The zero-order valence-corrected chi connectivity index (χ0v) is 15.2. The van der Waals surface area contributed by atoms with Crippen molar-refractivity contribution >= 4 is 23.5 Å². The van der Waals surface area contributed by atoms with E-state index in [9.17, 15) is 9.59 Å². The summed E-state index contributed by atoms with van der Waals surface area (Å²) < 4.78 is 0. The van der Waals surface area contributed by atoms with Crippen LogP contribution in [0.4, 0.5) is 11.6 Å². The molecule has 3 heterocycles. The fourth-order valence-corrected chi connectivity index (χ4v) is 3.40. The van der Waals surface area contributed by atoms with E-state index in [0.717, 1.165) is 76.6 Å². The van der Waals surface area contributed by atoms with E-state index >= 15 is 0 Å². The Morgan fingerprint density at radius 3 is 1.77 bits per heavy atom. The molecular formula is C18H28N6O2. The Hall–Kier alpha value is -2.38. The van der Waals surface area contributed by atoms with Gasteiger partial charge in [0.15, 0.2) is 0 Å². The van der Waals surface area contributed by atoms with Crippen LogP contribution in [0.15, 0.2) is 12.4 Å². The minimum atomic E-state index is 0.272. The Morgan fingerprint density at radius 1 is 0.846 bits per heavy atom. The normalized spacial score (nSPS) is 17.2. The third-order valence-corrected chi connectivity index (χ3v) is 4.83. The van der Waals surface area contributed by atoms with Crippen LogP contribution in [0.2, 0.25) is 0 Å². The second-order valence-electron chi connectivity index (χ2n) is 6.82. The lowest BCUT2D eigenvalue weighted by atomic mass is 10.3. The van der Waals surface area contributed by atoms with Crippen molar-refractivity contribution in [2.45, 2.75) is 38.5 Å². The summed E-state index contributed by atoms with van der Waals surface area (Å²) in [6.45, 7) is 4.94. The van der Waals surface area contributed by atoms with E-state index in [4.69, 9.17) is 0 Å². The van der Waals surface area contributed by atoms with E-state index in [1.165, 1.54) is 0 Å². The number of nitrogens with zero attached hydrogens (tertiary/aromatic N) is 4. The van der Waals surface area contributed by atoms with E-state index in [0.29, 0.717) is 12.8 Å². The van der Waals surface area contributed by atoms with Crippen molar-refractivity contribution in [2.24, 2.45) is 0 Å². The first kappa shape index (κ1) is 18.4. The molecule has 0 bridgehead atoms. The molecule has 0 atom stereocenters. The Balaban J connectivity index is 1.32. The van der Waals surface area contributed by atoms with Gasteiger partial charge in [-0.05, 0) is 25.7 Å². The van der Waals surface area contributed by atoms with Crippen LogP contribution in [0.5, 0.6) is 0 Å². The summed E-state index contributed by atoms with van der Waals surface area (Å²) in [5.41, 5.74) is 0. The SMILES string of the molecule is O=C1CCCN1CCCNc1cc(NCCCN2CCCC2=O)ncn1. The predicted octanol–water partition coefficient (Wildman–Crippen LogP) is 1.33. The maximum Gasteiger partial charge on any atom is 0.222 e. The van der Waals surface area contributed by atoms with Gasteiger partial charge in [-0.15, -0.1) is 0 Å². The minimum Gasteiger partial charge on any atom is -0.370 e. The van der Waals surface area contributed by atoms with Gasteiger partial charge in [0.25, 0.3) is 0 Å². The average Bonchev–Trinajstić information content (AvgIpc) is 3.24. The second kappa shape index (κ2) is 9.35. The van der Waals surface area contributed by atoms with Gasteiger partial charge < -0.3 is 20.4 Å². The van der Waals surface area contributed by atoms with Crippen molar-refractivity contribution in [2.75, 3.05) is 49.9 Å². The van der Waals surface area contributed by atoms with E-state index < -0.39 is 0 Å². The maximum atomic E-state index is 11.6. The van der Waals surface area contributed by atoms with E-state index in [1.54, 1.807) is 6.33 Å². The molecule has 8 nitrogen and oxygen atoms in total. The van der Waals surface area contributed by atoms with Crippen molar-refractivity contribution in [3.8, 4) is 0 Å². The molecule has 2 fully saturated rings. The van der Waals surface area contributed by atoms with Crippen LogP contribution >= 0.6 is 0 Å². The third-order valence-electron chi connectivity index (χ3n) is 4.83. The molecule has 2 aliphatic heterocycles. The summed E-state index contributed by atoms with van der Waals surface area (Å²) in [7, 11) is 0. The maximum absolute atomic E-state index is 11.6. The molecule has 2 amide bonds. The summed E-state index contributed by atoms with van der Waals surface area (Å²) in [5, 5.41) is 6.57. The summed E-state index contributed by atoms with van der Waals surface area (Å²) in [6, 6.07) is 1.89.